The minimum atomic E-state index is 0.948. The van der Waals surface area contributed by atoms with Gasteiger partial charge in [0.05, 0.1) is 23.8 Å². The van der Waals surface area contributed by atoms with Gasteiger partial charge in [0.25, 0.3) is 0 Å². The smallest absolute Gasteiger partial charge is 0.0547 e. The third kappa shape index (κ3) is 5.54. The van der Waals surface area contributed by atoms with Crippen molar-refractivity contribution in [3.63, 3.8) is 0 Å². The number of nitrogens with one attached hydrogen (secondary N) is 2. The fraction of sp³-hybridized carbons (Fsp3) is 0.615. The van der Waals surface area contributed by atoms with E-state index in [1.807, 2.05) is 12.4 Å². The third-order valence-corrected chi connectivity index (χ3v) is 2.68. The van der Waals surface area contributed by atoms with E-state index in [-0.39, 0.29) is 0 Å². The molecule has 0 aliphatic heterocycles. The van der Waals surface area contributed by atoms with Crippen LogP contribution in [0.2, 0.25) is 0 Å². The average Bonchev–Trinajstić information content (AvgIpc) is 2.36. The summed E-state index contributed by atoms with van der Waals surface area (Å²) in [5.74, 6) is 0. The second-order valence-electron chi connectivity index (χ2n) is 4.21. The highest BCUT2D eigenvalue weighted by atomic mass is 15.1. The normalized spacial score (nSPS) is 10.6. The highest BCUT2D eigenvalue weighted by Gasteiger charge is 1.97. The molecule has 0 radical (unpaired) electrons. The zero-order valence-corrected chi connectivity index (χ0v) is 11.2. The number of hydrogen-bond donors (Lipinski definition) is 2. The molecule has 1 aromatic rings. The number of rotatable bonds is 8. The molecule has 1 aromatic heterocycles. The van der Waals surface area contributed by atoms with Gasteiger partial charge < -0.3 is 15.5 Å². The Morgan fingerprint density at radius 3 is 2.35 bits per heavy atom. The van der Waals surface area contributed by atoms with Gasteiger partial charge in [-0.2, -0.15) is 0 Å². The summed E-state index contributed by atoms with van der Waals surface area (Å²) in [5, 5.41) is 6.71. The number of pyridine rings is 1. The first-order valence-electron chi connectivity index (χ1n) is 6.37. The molecular weight excluding hydrogens is 212 g/mol. The number of aromatic nitrogens is 1. The largest absolute Gasteiger partial charge is 0.384 e. The molecular formula is C13H24N4. The van der Waals surface area contributed by atoms with Gasteiger partial charge in [-0.05, 0) is 26.1 Å². The van der Waals surface area contributed by atoms with Crippen LogP contribution in [0, 0.1) is 0 Å². The number of nitrogens with zero attached hydrogens (tertiary/aromatic N) is 2. The van der Waals surface area contributed by atoms with Crippen LogP contribution < -0.4 is 10.6 Å². The molecule has 0 unspecified atom stereocenters. The van der Waals surface area contributed by atoms with Crippen LogP contribution in [0.15, 0.2) is 18.5 Å². The van der Waals surface area contributed by atoms with Gasteiger partial charge in [-0.3, -0.25) is 4.98 Å². The van der Waals surface area contributed by atoms with E-state index < -0.39 is 0 Å². The third-order valence-electron chi connectivity index (χ3n) is 2.68. The van der Waals surface area contributed by atoms with Crippen LogP contribution >= 0.6 is 0 Å². The second-order valence-corrected chi connectivity index (χ2v) is 4.21. The number of hydrogen-bond acceptors (Lipinski definition) is 4. The van der Waals surface area contributed by atoms with Crippen molar-refractivity contribution in [1.82, 2.24) is 9.88 Å². The van der Waals surface area contributed by atoms with Gasteiger partial charge in [-0.1, -0.05) is 13.8 Å². The van der Waals surface area contributed by atoms with Crippen LogP contribution in [0.5, 0.6) is 0 Å². The van der Waals surface area contributed by atoms with Gasteiger partial charge in [0.1, 0.15) is 0 Å². The highest BCUT2D eigenvalue weighted by molar-refractivity contribution is 5.53. The van der Waals surface area contributed by atoms with Gasteiger partial charge >= 0.3 is 0 Å². The fourth-order valence-corrected chi connectivity index (χ4v) is 1.45. The molecule has 0 aromatic carbocycles. The maximum absolute atomic E-state index is 4.22. The second kappa shape index (κ2) is 7.90. The predicted octanol–water partition coefficient (Wildman–Crippen LogP) is 2.27. The molecule has 0 bridgehead atoms. The molecule has 0 aliphatic rings. The maximum Gasteiger partial charge on any atom is 0.0547 e. The van der Waals surface area contributed by atoms with Gasteiger partial charge in [0.15, 0.2) is 0 Å². The van der Waals surface area contributed by atoms with Crippen LogP contribution in [-0.2, 0) is 0 Å². The Bertz CT molecular complexity index is 314. The molecule has 0 saturated carbocycles. The van der Waals surface area contributed by atoms with Crippen molar-refractivity contribution in [2.24, 2.45) is 0 Å². The van der Waals surface area contributed by atoms with Crippen LogP contribution in [-0.4, -0.2) is 43.1 Å². The van der Waals surface area contributed by atoms with Crippen molar-refractivity contribution in [3.8, 4) is 0 Å². The first-order valence-corrected chi connectivity index (χ1v) is 6.37. The SMILES string of the molecule is CCCNc1cncc(NCCN(C)CC)c1. The monoisotopic (exact) mass is 236 g/mol. The van der Waals surface area contributed by atoms with Crippen molar-refractivity contribution in [2.45, 2.75) is 20.3 Å². The van der Waals surface area contributed by atoms with Crippen LogP contribution in [0.4, 0.5) is 11.4 Å². The first-order chi connectivity index (χ1) is 8.26. The van der Waals surface area contributed by atoms with E-state index in [4.69, 9.17) is 0 Å². The Morgan fingerprint density at radius 2 is 1.76 bits per heavy atom. The molecule has 0 amide bonds. The lowest BCUT2D eigenvalue weighted by Gasteiger charge is -2.15. The first kappa shape index (κ1) is 13.8. The molecule has 4 nitrogen and oxygen atoms in total. The molecule has 0 aliphatic carbocycles. The molecule has 4 heteroatoms. The average molecular weight is 236 g/mol. The van der Waals surface area contributed by atoms with Crippen LogP contribution in [0.25, 0.3) is 0 Å². The summed E-state index contributed by atoms with van der Waals surface area (Å²) in [6.45, 7) is 8.38. The van der Waals surface area contributed by atoms with Gasteiger partial charge in [0, 0.05) is 19.6 Å². The predicted molar refractivity (Wildman–Crippen MR) is 74.7 cm³/mol. The molecule has 0 fully saturated rings. The Kier molecular flexibility index (Phi) is 6.40. The summed E-state index contributed by atoms with van der Waals surface area (Å²) in [4.78, 5) is 6.49. The Balaban J connectivity index is 2.37. The molecule has 2 N–H and O–H groups in total. The molecule has 1 heterocycles. The van der Waals surface area contributed by atoms with Crippen molar-refractivity contribution in [3.05, 3.63) is 18.5 Å². The zero-order chi connectivity index (χ0) is 12.5. The van der Waals surface area contributed by atoms with Crippen molar-refractivity contribution < 1.29 is 0 Å². The number of likely N-dealkylation sites (N-methyl/N-ethyl adjacent to an activating group) is 1. The lowest BCUT2D eigenvalue weighted by molar-refractivity contribution is 0.367. The van der Waals surface area contributed by atoms with Crippen LogP contribution in [0.3, 0.4) is 0 Å². The maximum atomic E-state index is 4.22. The topological polar surface area (TPSA) is 40.2 Å². The minimum Gasteiger partial charge on any atom is -0.384 e. The van der Waals surface area contributed by atoms with Gasteiger partial charge in [0.2, 0.25) is 0 Å². The van der Waals surface area contributed by atoms with Gasteiger partial charge in [-0.15, -0.1) is 0 Å². The Morgan fingerprint density at radius 1 is 1.12 bits per heavy atom. The summed E-state index contributed by atoms with van der Waals surface area (Å²) < 4.78 is 0. The van der Waals surface area contributed by atoms with E-state index in [0.717, 1.165) is 44.0 Å². The molecule has 1 rings (SSSR count). The summed E-state index contributed by atoms with van der Waals surface area (Å²) in [7, 11) is 2.12. The quantitative estimate of drug-likeness (QED) is 0.726. The van der Waals surface area contributed by atoms with Crippen molar-refractivity contribution in [1.29, 1.82) is 0 Å². The Hall–Kier alpha value is -1.29. The molecule has 0 saturated heterocycles. The summed E-state index contributed by atoms with van der Waals surface area (Å²) >= 11 is 0. The van der Waals surface area contributed by atoms with Gasteiger partial charge in [-0.25, -0.2) is 0 Å². The lowest BCUT2D eigenvalue weighted by Crippen LogP contribution is -2.24. The van der Waals surface area contributed by atoms with E-state index in [2.05, 4.69) is 47.5 Å². The van der Waals surface area contributed by atoms with E-state index in [0.29, 0.717) is 0 Å². The van der Waals surface area contributed by atoms with E-state index in [1.54, 1.807) is 0 Å². The molecule has 96 valence electrons. The lowest BCUT2D eigenvalue weighted by atomic mass is 10.3. The fourth-order valence-electron chi connectivity index (χ4n) is 1.45. The molecule has 0 atom stereocenters. The zero-order valence-electron chi connectivity index (χ0n) is 11.2. The molecule has 0 spiro atoms. The number of anilines is 2. The summed E-state index contributed by atoms with van der Waals surface area (Å²) in [6.07, 6.45) is 4.85. The Labute approximate surface area is 104 Å². The summed E-state index contributed by atoms with van der Waals surface area (Å²) in [6, 6.07) is 2.11. The van der Waals surface area contributed by atoms with Crippen LogP contribution in [0.1, 0.15) is 20.3 Å². The highest BCUT2D eigenvalue weighted by Crippen LogP contribution is 2.12. The van der Waals surface area contributed by atoms with Crippen molar-refractivity contribution in [2.75, 3.05) is 43.9 Å². The van der Waals surface area contributed by atoms with E-state index in [1.165, 1.54) is 0 Å². The van der Waals surface area contributed by atoms with Crippen molar-refractivity contribution >= 4 is 11.4 Å². The van der Waals surface area contributed by atoms with E-state index in [9.17, 15) is 0 Å². The minimum absolute atomic E-state index is 0.948. The molecule has 17 heavy (non-hydrogen) atoms. The van der Waals surface area contributed by atoms with E-state index >= 15 is 0 Å². The summed E-state index contributed by atoms with van der Waals surface area (Å²) in [5.41, 5.74) is 2.16. The standard InChI is InChI=1S/C13H24N4/c1-4-6-15-12-9-13(11-14-10-12)16-7-8-17(3)5-2/h9-11,15-16H,4-8H2,1-3H3.